The molecule has 0 saturated carbocycles. The monoisotopic (exact) mass is 267 g/mol. The van der Waals surface area contributed by atoms with Gasteiger partial charge in [0.05, 0.1) is 20.0 Å². The molecule has 0 radical (unpaired) electrons. The molecule has 5 nitrogen and oxygen atoms in total. The number of furan rings is 1. The topological polar surface area (TPSA) is 62.9 Å². The van der Waals surface area contributed by atoms with Gasteiger partial charge in [0.1, 0.15) is 0 Å². The fourth-order valence-corrected chi connectivity index (χ4v) is 2.75. The van der Waals surface area contributed by atoms with Crippen LogP contribution < -0.4 is 0 Å². The average Bonchev–Trinajstić information content (AvgIpc) is 2.88. The van der Waals surface area contributed by atoms with Crippen molar-refractivity contribution in [2.24, 2.45) is 0 Å². The van der Waals surface area contributed by atoms with E-state index in [0.29, 0.717) is 12.6 Å². The smallest absolute Gasteiger partial charge is 0.374 e. The Balaban J connectivity index is 2.15. The largest absolute Gasteiger partial charge is 0.463 e. The Morgan fingerprint density at radius 1 is 1.58 bits per heavy atom. The first-order valence-electron chi connectivity index (χ1n) is 6.68. The zero-order chi connectivity index (χ0) is 13.8. The Kier molecular flexibility index (Phi) is 4.61. The number of carbonyl (C=O) groups excluding carboxylic acids is 1. The van der Waals surface area contributed by atoms with Gasteiger partial charge in [0.25, 0.3) is 0 Å². The summed E-state index contributed by atoms with van der Waals surface area (Å²) < 4.78 is 9.90. The molecule has 1 aliphatic heterocycles. The van der Waals surface area contributed by atoms with E-state index in [9.17, 15) is 9.90 Å². The van der Waals surface area contributed by atoms with Crippen molar-refractivity contribution in [3.63, 3.8) is 0 Å². The van der Waals surface area contributed by atoms with Crippen molar-refractivity contribution in [3.05, 3.63) is 23.7 Å². The molecule has 5 heteroatoms. The zero-order valence-electron chi connectivity index (χ0n) is 11.5. The molecule has 1 aliphatic rings. The lowest BCUT2D eigenvalue weighted by Crippen LogP contribution is -2.46. The minimum absolute atomic E-state index is 0.149. The average molecular weight is 267 g/mol. The first-order valence-corrected chi connectivity index (χ1v) is 6.68. The standard InChI is InChI=1S/C14H21NO4/c1-10-4-3-5-12(9-16)15(10)8-11-6-7-19-13(11)14(17)18-2/h6-7,10,12,16H,3-5,8-9H2,1-2H3. The van der Waals surface area contributed by atoms with Crippen LogP contribution in [0.2, 0.25) is 0 Å². The maximum absolute atomic E-state index is 11.6. The lowest BCUT2D eigenvalue weighted by atomic mass is 9.96. The molecule has 1 N–H and O–H groups in total. The van der Waals surface area contributed by atoms with Crippen molar-refractivity contribution in [2.45, 2.75) is 44.8 Å². The molecular formula is C14H21NO4. The van der Waals surface area contributed by atoms with Crippen molar-refractivity contribution >= 4 is 5.97 Å². The van der Waals surface area contributed by atoms with Crippen molar-refractivity contribution in [1.29, 1.82) is 0 Å². The molecule has 2 rings (SSSR count). The van der Waals surface area contributed by atoms with Gasteiger partial charge in [-0.3, -0.25) is 4.90 Å². The SMILES string of the molecule is COC(=O)c1occc1CN1C(C)CCCC1CO. The van der Waals surface area contributed by atoms with Crippen molar-refractivity contribution in [1.82, 2.24) is 4.90 Å². The molecule has 2 atom stereocenters. The maximum Gasteiger partial charge on any atom is 0.374 e. The number of piperidine rings is 1. The molecule has 0 aromatic carbocycles. The third-order valence-corrected chi connectivity index (χ3v) is 3.88. The maximum atomic E-state index is 11.6. The summed E-state index contributed by atoms with van der Waals surface area (Å²) in [5, 5.41) is 9.48. The number of rotatable bonds is 4. The summed E-state index contributed by atoms with van der Waals surface area (Å²) in [5.74, 6) is -0.192. The van der Waals surface area contributed by atoms with Crippen molar-refractivity contribution in [2.75, 3.05) is 13.7 Å². The van der Waals surface area contributed by atoms with E-state index >= 15 is 0 Å². The van der Waals surface area contributed by atoms with E-state index < -0.39 is 5.97 Å². The fourth-order valence-electron chi connectivity index (χ4n) is 2.75. The van der Waals surface area contributed by atoms with Crippen LogP contribution in [-0.2, 0) is 11.3 Å². The van der Waals surface area contributed by atoms with Crippen LogP contribution in [0.3, 0.4) is 0 Å². The molecule has 0 aliphatic carbocycles. The van der Waals surface area contributed by atoms with Crippen LogP contribution in [0.15, 0.2) is 16.7 Å². The molecule has 1 fully saturated rings. The highest BCUT2D eigenvalue weighted by Gasteiger charge is 2.29. The molecule has 2 unspecified atom stereocenters. The summed E-state index contributed by atoms with van der Waals surface area (Å²) in [4.78, 5) is 13.8. The van der Waals surface area contributed by atoms with Crippen LogP contribution >= 0.6 is 0 Å². The minimum Gasteiger partial charge on any atom is -0.463 e. The first kappa shape index (κ1) is 14.1. The predicted molar refractivity (Wildman–Crippen MR) is 69.8 cm³/mol. The number of carbonyl (C=O) groups is 1. The summed E-state index contributed by atoms with van der Waals surface area (Å²) in [6.45, 7) is 2.91. The zero-order valence-corrected chi connectivity index (χ0v) is 11.5. The minimum atomic E-state index is -0.454. The lowest BCUT2D eigenvalue weighted by Gasteiger charge is -2.39. The molecule has 0 amide bonds. The van der Waals surface area contributed by atoms with Gasteiger partial charge in [-0.2, -0.15) is 0 Å². The Morgan fingerprint density at radius 3 is 3.05 bits per heavy atom. The summed E-state index contributed by atoms with van der Waals surface area (Å²) in [5.41, 5.74) is 0.819. The number of nitrogens with zero attached hydrogens (tertiary/aromatic N) is 1. The summed E-state index contributed by atoms with van der Waals surface area (Å²) >= 11 is 0. The lowest BCUT2D eigenvalue weighted by molar-refractivity contribution is 0.0430. The quantitative estimate of drug-likeness (QED) is 0.843. The van der Waals surface area contributed by atoms with E-state index in [-0.39, 0.29) is 18.4 Å². The van der Waals surface area contributed by atoms with Gasteiger partial charge in [0.15, 0.2) is 0 Å². The number of hydrogen-bond donors (Lipinski definition) is 1. The van der Waals surface area contributed by atoms with Gasteiger partial charge in [-0.25, -0.2) is 4.79 Å². The van der Waals surface area contributed by atoms with Crippen LogP contribution in [-0.4, -0.2) is 41.8 Å². The number of methoxy groups -OCH3 is 1. The fraction of sp³-hybridized carbons (Fsp3) is 0.643. The summed E-state index contributed by atoms with van der Waals surface area (Å²) in [6.07, 6.45) is 4.75. The van der Waals surface area contributed by atoms with Gasteiger partial charge in [0, 0.05) is 24.2 Å². The normalized spacial score (nSPS) is 24.4. The number of likely N-dealkylation sites (tertiary alicyclic amines) is 1. The van der Waals surface area contributed by atoms with Gasteiger partial charge in [0.2, 0.25) is 5.76 Å². The van der Waals surface area contributed by atoms with Crippen LogP contribution in [0.1, 0.15) is 42.3 Å². The number of ether oxygens (including phenoxy) is 1. The molecule has 1 saturated heterocycles. The van der Waals surface area contributed by atoms with E-state index in [1.165, 1.54) is 13.4 Å². The highest BCUT2D eigenvalue weighted by molar-refractivity contribution is 5.87. The van der Waals surface area contributed by atoms with Gasteiger partial charge >= 0.3 is 5.97 Å². The van der Waals surface area contributed by atoms with E-state index in [1.807, 2.05) is 0 Å². The summed E-state index contributed by atoms with van der Waals surface area (Å²) in [6, 6.07) is 2.35. The first-order chi connectivity index (χ1) is 9.17. The Morgan fingerprint density at radius 2 is 2.37 bits per heavy atom. The number of hydrogen-bond acceptors (Lipinski definition) is 5. The predicted octanol–water partition coefficient (Wildman–Crippen LogP) is 1.80. The number of aliphatic hydroxyl groups excluding tert-OH is 1. The van der Waals surface area contributed by atoms with Crippen LogP contribution in [0.4, 0.5) is 0 Å². The summed E-state index contributed by atoms with van der Waals surface area (Å²) in [7, 11) is 1.34. The third-order valence-electron chi connectivity index (χ3n) is 3.88. The number of aliphatic hydroxyl groups is 1. The van der Waals surface area contributed by atoms with Crippen LogP contribution in [0.25, 0.3) is 0 Å². The van der Waals surface area contributed by atoms with E-state index in [1.54, 1.807) is 6.07 Å². The van der Waals surface area contributed by atoms with Gasteiger partial charge in [-0.15, -0.1) is 0 Å². The van der Waals surface area contributed by atoms with E-state index in [2.05, 4.69) is 11.8 Å². The van der Waals surface area contributed by atoms with Gasteiger partial charge in [-0.05, 0) is 25.8 Å². The number of esters is 1. The van der Waals surface area contributed by atoms with E-state index in [4.69, 9.17) is 9.15 Å². The third kappa shape index (κ3) is 2.98. The Labute approximate surface area is 113 Å². The van der Waals surface area contributed by atoms with Gasteiger partial charge in [-0.1, -0.05) is 6.42 Å². The highest BCUT2D eigenvalue weighted by atomic mass is 16.5. The second-order valence-corrected chi connectivity index (χ2v) is 5.06. The molecule has 106 valence electrons. The van der Waals surface area contributed by atoms with E-state index in [0.717, 1.165) is 24.8 Å². The second kappa shape index (κ2) is 6.21. The molecule has 0 spiro atoms. The molecular weight excluding hydrogens is 246 g/mol. The van der Waals surface area contributed by atoms with Crippen LogP contribution in [0, 0.1) is 0 Å². The molecule has 1 aromatic rings. The van der Waals surface area contributed by atoms with Crippen molar-refractivity contribution < 1.29 is 19.1 Å². The molecule has 2 heterocycles. The Hall–Kier alpha value is -1.33. The van der Waals surface area contributed by atoms with Crippen LogP contribution in [0.5, 0.6) is 0 Å². The van der Waals surface area contributed by atoms with Gasteiger partial charge < -0.3 is 14.3 Å². The molecule has 0 bridgehead atoms. The molecule has 19 heavy (non-hydrogen) atoms. The van der Waals surface area contributed by atoms with Crippen molar-refractivity contribution in [3.8, 4) is 0 Å². The second-order valence-electron chi connectivity index (χ2n) is 5.06. The molecule has 1 aromatic heterocycles. The highest BCUT2D eigenvalue weighted by Crippen LogP contribution is 2.26. The Bertz CT molecular complexity index is 429.